The molecule has 6 nitrogen and oxygen atoms in total. The monoisotopic (exact) mass is 435 g/mol. The third kappa shape index (κ3) is 7.27. The van der Waals surface area contributed by atoms with Crippen molar-refractivity contribution in [3.8, 4) is 0 Å². The number of aryl methyl sites for hydroxylation is 1. The van der Waals surface area contributed by atoms with E-state index in [1.165, 1.54) is 0 Å². The van der Waals surface area contributed by atoms with E-state index < -0.39 is 16.1 Å². The Bertz CT molecular complexity index is 698. The molecule has 1 aromatic rings. The third-order valence-corrected chi connectivity index (χ3v) is 6.84. The average Bonchev–Trinajstić information content (AvgIpc) is 2.60. The summed E-state index contributed by atoms with van der Waals surface area (Å²) < 4.78 is 27.9. The Morgan fingerprint density at radius 3 is 2.59 bits per heavy atom. The number of carbonyl (C=O) groups excluding carboxylic acids is 1. The molecule has 154 valence electrons. The highest BCUT2D eigenvalue weighted by molar-refractivity contribution is 7.98. The number of thioether (sulfide) groups is 1. The molecule has 1 aromatic carbocycles. The average molecular weight is 436 g/mol. The van der Waals surface area contributed by atoms with Gasteiger partial charge in [-0.25, -0.2) is 8.42 Å². The molecule has 0 saturated carbocycles. The number of rotatable bonds is 8. The Morgan fingerprint density at radius 1 is 1.33 bits per heavy atom. The molecule has 9 heteroatoms. The number of carbonyl (C=O) groups is 1. The van der Waals surface area contributed by atoms with Crippen molar-refractivity contribution in [2.24, 2.45) is 5.92 Å². The highest BCUT2D eigenvalue weighted by Gasteiger charge is 2.29. The molecule has 1 aliphatic heterocycles. The van der Waals surface area contributed by atoms with E-state index in [9.17, 15) is 13.2 Å². The smallest absolute Gasteiger partial charge is 0.241 e. The van der Waals surface area contributed by atoms with Crippen LogP contribution in [0.25, 0.3) is 0 Å². The molecule has 1 saturated heterocycles. The van der Waals surface area contributed by atoms with Crippen LogP contribution in [0.5, 0.6) is 0 Å². The van der Waals surface area contributed by atoms with E-state index >= 15 is 0 Å². The van der Waals surface area contributed by atoms with Gasteiger partial charge < -0.3 is 10.6 Å². The van der Waals surface area contributed by atoms with Crippen LogP contribution < -0.4 is 15.4 Å². The van der Waals surface area contributed by atoms with Gasteiger partial charge in [0.2, 0.25) is 15.9 Å². The Hall–Kier alpha value is -0.800. The summed E-state index contributed by atoms with van der Waals surface area (Å²) in [5, 5.41) is 6.30. The van der Waals surface area contributed by atoms with E-state index in [-0.39, 0.29) is 29.3 Å². The standard InChI is InChI=1S/C18H29N3O3S2.ClH/c1-13-4-6-15(7-5-13)26(23,24)21-16(9-11-25-3)18(22)20-17-12-19-10-8-14(17)2;/h4-7,14,16-17,19,21H,8-12H2,1-3H3,(H,20,22);1H. The predicted octanol–water partition coefficient (Wildman–Crippen LogP) is 1.93. The number of sulfonamides is 1. The summed E-state index contributed by atoms with van der Waals surface area (Å²) in [5.74, 6) is 0.817. The zero-order chi connectivity index (χ0) is 19.2. The maximum Gasteiger partial charge on any atom is 0.241 e. The van der Waals surface area contributed by atoms with Gasteiger partial charge in [0.1, 0.15) is 6.04 Å². The Labute approximate surface area is 173 Å². The van der Waals surface area contributed by atoms with Crippen molar-refractivity contribution < 1.29 is 13.2 Å². The van der Waals surface area contributed by atoms with Crippen LogP contribution in [0.2, 0.25) is 0 Å². The molecule has 0 aliphatic carbocycles. The maximum atomic E-state index is 12.8. The largest absolute Gasteiger partial charge is 0.350 e. The van der Waals surface area contributed by atoms with Crippen LogP contribution in [-0.4, -0.2) is 51.5 Å². The first kappa shape index (κ1) is 24.2. The molecule has 1 heterocycles. The fraction of sp³-hybridized carbons (Fsp3) is 0.611. The molecule has 0 bridgehead atoms. The van der Waals surface area contributed by atoms with Gasteiger partial charge in [0.15, 0.2) is 0 Å². The molecule has 2 rings (SSSR count). The summed E-state index contributed by atoms with van der Waals surface area (Å²) in [5.41, 5.74) is 0.986. The van der Waals surface area contributed by atoms with E-state index in [2.05, 4.69) is 22.3 Å². The number of halogens is 1. The molecule has 3 unspecified atom stereocenters. The SMILES string of the molecule is CSCCC(NS(=O)(=O)c1ccc(C)cc1)C(=O)NC1CNCCC1C.Cl. The third-order valence-electron chi connectivity index (χ3n) is 4.71. The first-order valence-corrected chi connectivity index (χ1v) is 11.8. The first-order chi connectivity index (χ1) is 12.3. The van der Waals surface area contributed by atoms with Crippen LogP contribution in [0.15, 0.2) is 29.2 Å². The lowest BCUT2D eigenvalue weighted by molar-refractivity contribution is -0.123. The van der Waals surface area contributed by atoms with Crippen LogP contribution in [0, 0.1) is 12.8 Å². The second kappa shape index (κ2) is 11.3. The lowest BCUT2D eigenvalue weighted by Gasteiger charge is -2.31. The summed E-state index contributed by atoms with van der Waals surface area (Å²) in [7, 11) is -3.74. The van der Waals surface area contributed by atoms with Gasteiger partial charge in [-0.15, -0.1) is 12.4 Å². The molecule has 1 fully saturated rings. The number of amides is 1. The van der Waals surface area contributed by atoms with Gasteiger partial charge in [-0.3, -0.25) is 4.79 Å². The zero-order valence-electron chi connectivity index (χ0n) is 16.0. The van der Waals surface area contributed by atoms with Crippen molar-refractivity contribution in [1.82, 2.24) is 15.4 Å². The molecule has 3 N–H and O–H groups in total. The van der Waals surface area contributed by atoms with Crippen LogP contribution in [-0.2, 0) is 14.8 Å². The van der Waals surface area contributed by atoms with Crippen molar-refractivity contribution in [3.05, 3.63) is 29.8 Å². The highest BCUT2D eigenvalue weighted by atomic mass is 35.5. The molecular formula is C18H30ClN3O3S2. The zero-order valence-corrected chi connectivity index (χ0v) is 18.5. The normalized spacial score (nSPS) is 21.1. The van der Waals surface area contributed by atoms with Crippen molar-refractivity contribution in [2.75, 3.05) is 25.1 Å². The van der Waals surface area contributed by atoms with Crippen molar-refractivity contribution in [1.29, 1.82) is 0 Å². The number of piperidine rings is 1. The minimum Gasteiger partial charge on any atom is -0.350 e. The summed E-state index contributed by atoms with van der Waals surface area (Å²) in [6.07, 6.45) is 3.39. The molecule has 1 aliphatic rings. The molecule has 3 atom stereocenters. The summed E-state index contributed by atoms with van der Waals surface area (Å²) in [6, 6.07) is 5.88. The fourth-order valence-electron chi connectivity index (χ4n) is 2.92. The quantitative estimate of drug-likeness (QED) is 0.580. The molecule has 27 heavy (non-hydrogen) atoms. The lowest BCUT2D eigenvalue weighted by atomic mass is 9.94. The van der Waals surface area contributed by atoms with Gasteiger partial charge in [-0.1, -0.05) is 24.6 Å². The Balaban J connectivity index is 0.00000364. The molecule has 0 spiro atoms. The van der Waals surface area contributed by atoms with Crippen LogP contribution in [0.3, 0.4) is 0 Å². The van der Waals surface area contributed by atoms with Crippen molar-refractivity contribution in [2.45, 2.75) is 43.7 Å². The summed E-state index contributed by atoms with van der Waals surface area (Å²) in [4.78, 5) is 12.9. The minimum atomic E-state index is -3.74. The van der Waals surface area contributed by atoms with E-state index in [0.717, 1.165) is 18.5 Å². The summed E-state index contributed by atoms with van der Waals surface area (Å²) >= 11 is 1.59. The van der Waals surface area contributed by atoms with E-state index in [0.29, 0.717) is 24.6 Å². The first-order valence-electron chi connectivity index (χ1n) is 8.92. The number of nitrogens with one attached hydrogen (secondary N) is 3. The van der Waals surface area contributed by atoms with Crippen molar-refractivity contribution in [3.63, 3.8) is 0 Å². The van der Waals surface area contributed by atoms with Crippen LogP contribution in [0.1, 0.15) is 25.3 Å². The summed E-state index contributed by atoms with van der Waals surface area (Å²) in [6.45, 7) is 5.67. The maximum absolute atomic E-state index is 12.8. The number of hydrogen-bond donors (Lipinski definition) is 3. The Morgan fingerprint density at radius 2 is 2.00 bits per heavy atom. The van der Waals surface area contributed by atoms with Gasteiger partial charge in [0.05, 0.1) is 4.90 Å². The fourth-order valence-corrected chi connectivity index (χ4v) is 4.62. The topological polar surface area (TPSA) is 87.3 Å². The van der Waals surface area contributed by atoms with Gasteiger partial charge in [-0.2, -0.15) is 16.5 Å². The van der Waals surface area contributed by atoms with E-state index in [1.54, 1.807) is 36.0 Å². The highest BCUT2D eigenvalue weighted by Crippen LogP contribution is 2.14. The molecule has 1 amide bonds. The minimum absolute atomic E-state index is 0. The molecule has 0 radical (unpaired) electrons. The van der Waals surface area contributed by atoms with Crippen LogP contribution >= 0.6 is 24.2 Å². The van der Waals surface area contributed by atoms with Gasteiger partial charge >= 0.3 is 0 Å². The number of hydrogen-bond acceptors (Lipinski definition) is 5. The number of benzene rings is 1. The molecule has 0 aromatic heterocycles. The Kier molecular flexibility index (Phi) is 10.1. The van der Waals surface area contributed by atoms with Crippen molar-refractivity contribution >= 4 is 40.1 Å². The van der Waals surface area contributed by atoms with Gasteiger partial charge in [-0.05, 0) is 56.4 Å². The van der Waals surface area contributed by atoms with Crippen LogP contribution in [0.4, 0.5) is 0 Å². The lowest BCUT2D eigenvalue weighted by Crippen LogP contribution is -2.55. The van der Waals surface area contributed by atoms with Gasteiger partial charge in [0.25, 0.3) is 0 Å². The van der Waals surface area contributed by atoms with Gasteiger partial charge in [0, 0.05) is 12.6 Å². The second-order valence-electron chi connectivity index (χ2n) is 6.85. The van der Waals surface area contributed by atoms with E-state index in [4.69, 9.17) is 0 Å². The second-order valence-corrected chi connectivity index (χ2v) is 9.55. The van der Waals surface area contributed by atoms with E-state index in [1.807, 2.05) is 13.2 Å². The molecular weight excluding hydrogens is 406 g/mol. The predicted molar refractivity (Wildman–Crippen MR) is 114 cm³/mol.